The minimum atomic E-state index is 0.413. The van der Waals surface area contributed by atoms with Gasteiger partial charge in [-0.2, -0.15) is 11.8 Å². The zero-order valence-corrected chi connectivity index (χ0v) is 11.3. The van der Waals surface area contributed by atoms with E-state index in [1.165, 1.54) is 35.5 Å². The number of carbonyl (C=O) groups is 1. The molecule has 1 saturated heterocycles. The molecule has 0 N–H and O–H groups in total. The van der Waals surface area contributed by atoms with Crippen LogP contribution in [-0.2, 0) is 11.2 Å². The van der Waals surface area contributed by atoms with Gasteiger partial charge >= 0.3 is 0 Å². The van der Waals surface area contributed by atoms with Gasteiger partial charge in [0, 0.05) is 12.8 Å². The van der Waals surface area contributed by atoms with Crippen LogP contribution in [-0.4, -0.2) is 17.3 Å². The first-order valence-electron chi connectivity index (χ1n) is 6.39. The molecule has 92 valence electrons. The molecule has 0 amide bonds. The predicted molar refractivity (Wildman–Crippen MR) is 74.6 cm³/mol. The molecular formula is C15H20OS. The van der Waals surface area contributed by atoms with Crippen molar-refractivity contribution in [1.29, 1.82) is 0 Å². The molecular weight excluding hydrogens is 228 g/mol. The van der Waals surface area contributed by atoms with Crippen molar-refractivity contribution in [2.75, 3.05) is 11.5 Å². The van der Waals surface area contributed by atoms with E-state index in [0.29, 0.717) is 18.1 Å². The van der Waals surface area contributed by atoms with Crippen molar-refractivity contribution >= 4 is 17.5 Å². The number of Topliss-reactive ketones (excluding diaryl/α,β-unsaturated/α-hetero) is 1. The Morgan fingerprint density at radius 2 is 2.00 bits per heavy atom. The summed E-state index contributed by atoms with van der Waals surface area (Å²) >= 11 is 2.02. The highest BCUT2D eigenvalue weighted by atomic mass is 32.2. The van der Waals surface area contributed by atoms with Gasteiger partial charge in [0.25, 0.3) is 0 Å². The summed E-state index contributed by atoms with van der Waals surface area (Å²) in [5.74, 6) is 3.54. The molecule has 0 spiro atoms. The van der Waals surface area contributed by atoms with Crippen molar-refractivity contribution in [3.05, 3.63) is 35.4 Å². The zero-order chi connectivity index (χ0) is 12.1. The van der Waals surface area contributed by atoms with E-state index in [4.69, 9.17) is 0 Å². The molecule has 0 saturated carbocycles. The van der Waals surface area contributed by atoms with Crippen LogP contribution < -0.4 is 0 Å². The quantitative estimate of drug-likeness (QED) is 0.809. The minimum absolute atomic E-state index is 0.413. The first-order valence-corrected chi connectivity index (χ1v) is 7.55. The molecule has 17 heavy (non-hydrogen) atoms. The lowest BCUT2D eigenvalue weighted by Crippen LogP contribution is -2.15. The molecule has 1 aromatic carbocycles. The maximum absolute atomic E-state index is 12.0. The molecule has 1 nitrogen and oxygen atoms in total. The molecule has 1 aliphatic rings. The van der Waals surface area contributed by atoms with Gasteiger partial charge in [0.05, 0.1) is 0 Å². The molecule has 2 heteroatoms. The summed E-state index contributed by atoms with van der Waals surface area (Å²) in [5, 5.41) is 0. The number of benzene rings is 1. The first-order chi connectivity index (χ1) is 8.25. The average Bonchev–Trinajstić information content (AvgIpc) is 2.33. The topological polar surface area (TPSA) is 17.1 Å². The van der Waals surface area contributed by atoms with E-state index in [1.807, 2.05) is 23.9 Å². The molecule has 0 aliphatic carbocycles. The van der Waals surface area contributed by atoms with E-state index in [1.54, 1.807) is 0 Å². The van der Waals surface area contributed by atoms with Crippen molar-refractivity contribution in [2.45, 2.75) is 32.6 Å². The van der Waals surface area contributed by atoms with Crippen molar-refractivity contribution in [2.24, 2.45) is 5.92 Å². The van der Waals surface area contributed by atoms with Crippen molar-refractivity contribution in [1.82, 2.24) is 0 Å². The number of hydrogen-bond donors (Lipinski definition) is 0. The van der Waals surface area contributed by atoms with Crippen LogP contribution in [0.1, 0.15) is 30.4 Å². The molecule has 0 unspecified atom stereocenters. The molecule has 1 aromatic rings. The SMILES string of the molecule is Cc1ccccc1CC(=O)CC1CCSCC1. The first kappa shape index (κ1) is 12.7. The van der Waals surface area contributed by atoms with Crippen molar-refractivity contribution < 1.29 is 4.79 Å². The molecule has 2 rings (SSSR count). The monoisotopic (exact) mass is 248 g/mol. The summed E-state index contributed by atoms with van der Waals surface area (Å²) in [6, 6.07) is 8.21. The lowest BCUT2D eigenvalue weighted by Gasteiger charge is -2.20. The maximum atomic E-state index is 12.0. The minimum Gasteiger partial charge on any atom is -0.299 e. The van der Waals surface area contributed by atoms with E-state index < -0.39 is 0 Å². The van der Waals surface area contributed by atoms with Crippen molar-refractivity contribution in [3.8, 4) is 0 Å². The van der Waals surface area contributed by atoms with Crippen LogP contribution in [0.25, 0.3) is 0 Å². The summed E-state index contributed by atoms with van der Waals surface area (Å²) in [6.45, 7) is 2.08. The van der Waals surface area contributed by atoms with Gasteiger partial charge in [-0.25, -0.2) is 0 Å². The summed E-state index contributed by atoms with van der Waals surface area (Å²) in [6.07, 6.45) is 3.86. The largest absolute Gasteiger partial charge is 0.299 e. The fourth-order valence-electron chi connectivity index (χ4n) is 2.37. The molecule has 0 aromatic heterocycles. The third kappa shape index (κ3) is 3.88. The van der Waals surface area contributed by atoms with Crippen LogP contribution in [0.15, 0.2) is 24.3 Å². The van der Waals surface area contributed by atoms with Crippen LogP contribution in [0, 0.1) is 12.8 Å². The Bertz CT molecular complexity index is 380. The van der Waals surface area contributed by atoms with Gasteiger partial charge in [0.2, 0.25) is 0 Å². The Balaban J connectivity index is 1.86. The van der Waals surface area contributed by atoms with E-state index in [0.717, 1.165) is 6.42 Å². The number of hydrogen-bond acceptors (Lipinski definition) is 2. The third-order valence-electron chi connectivity index (χ3n) is 3.51. The van der Waals surface area contributed by atoms with Gasteiger partial charge in [-0.15, -0.1) is 0 Å². The van der Waals surface area contributed by atoms with Crippen molar-refractivity contribution in [3.63, 3.8) is 0 Å². The number of thioether (sulfide) groups is 1. The molecule has 1 aliphatic heterocycles. The second-order valence-electron chi connectivity index (χ2n) is 4.90. The van der Waals surface area contributed by atoms with Crippen LogP contribution in [0.4, 0.5) is 0 Å². The average molecular weight is 248 g/mol. The van der Waals surface area contributed by atoms with Crippen LogP contribution in [0.3, 0.4) is 0 Å². The summed E-state index contributed by atoms with van der Waals surface area (Å²) < 4.78 is 0. The second kappa shape index (κ2) is 6.25. The van der Waals surface area contributed by atoms with Gasteiger partial charge in [-0.05, 0) is 48.3 Å². The Labute approximate surface area is 108 Å². The summed E-state index contributed by atoms with van der Waals surface area (Å²) in [4.78, 5) is 12.0. The second-order valence-corrected chi connectivity index (χ2v) is 6.13. The predicted octanol–water partition coefficient (Wildman–Crippen LogP) is 3.64. The van der Waals surface area contributed by atoms with E-state index in [2.05, 4.69) is 19.1 Å². The molecule has 1 fully saturated rings. The summed E-state index contributed by atoms with van der Waals surface area (Å²) in [7, 11) is 0. The zero-order valence-electron chi connectivity index (χ0n) is 10.4. The fourth-order valence-corrected chi connectivity index (χ4v) is 3.57. The highest BCUT2D eigenvalue weighted by Crippen LogP contribution is 2.26. The highest BCUT2D eigenvalue weighted by Gasteiger charge is 2.17. The lowest BCUT2D eigenvalue weighted by molar-refractivity contribution is -0.119. The highest BCUT2D eigenvalue weighted by molar-refractivity contribution is 7.99. The number of ketones is 1. The number of rotatable bonds is 4. The molecule has 1 heterocycles. The standard InChI is InChI=1S/C15H20OS/c1-12-4-2-3-5-14(12)11-15(16)10-13-6-8-17-9-7-13/h2-5,13H,6-11H2,1H3. The van der Waals surface area contributed by atoms with E-state index in [9.17, 15) is 4.79 Å². The van der Waals surface area contributed by atoms with Gasteiger partial charge in [-0.1, -0.05) is 24.3 Å². The molecule has 0 atom stereocenters. The van der Waals surface area contributed by atoms with E-state index in [-0.39, 0.29) is 0 Å². The fraction of sp³-hybridized carbons (Fsp3) is 0.533. The van der Waals surface area contributed by atoms with Gasteiger partial charge in [0.1, 0.15) is 5.78 Å². The molecule has 0 bridgehead atoms. The Morgan fingerprint density at radius 1 is 1.29 bits per heavy atom. The van der Waals surface area contributed by atoms with Crippen LogP contribution in [0.2, 0.25) is 0 Å². The van der Waals surface area contributed by atoms with E-state index >= 15 is 0 Å². The molecule has 0 radical (unpaired) electrons. The third-order valence-corrected chi connectivity index (χ3v) is 4.55. The Kier molecular flexibility index (Phi) is 4.66. The summed E-state index contributed by atoms with van der Waals surface area (Å²) in [5.41, 5.74) is 2.43. The maximum Gasteiger partial charge on any atom is 0.137 e. The van der Waals surface area contributed by atoms with Crippen LogP contribution >= 0.6 is 11.8 Å². The number of carbonyl (C=O) groups excluding carboxylic acids is 1. The van der Waals surface area contributed by atoms with Crippen LogP contribution in [0.5, 0.6) is 0 Å². The Morgan fingerprint density at radius 3 is 2.71 bits per heavy atom. The normalized spacial score (nSPS) is 17.0. The smallest absolute Gasteiger partial charge is 0.137 e. The van der Waals surface area contributed by atoms with Gasteiger partial charge in [0.15, 0.2) is 0 Å². The lowest BCUT2D eigenvalue weighted by atomic mass is 9.93. The number of aryl methyl sites for hydroxylation is 1. The van der Waals surface area contributed by atoms with Gasteiger partial charge in [-0.3, -0.25) is 4.79 Å². The Hall–Kier alpha value is -0.760. The van der Waals surface area contributed by atoms with Gasteiger partial charge < -0.3 is 0 Å².